The summed E-state index contributed by atoms with van der Waals surface area (Å²) in [6.07, 6.45) is 1.08. The molecule has 2 amide bonds. The van der Waals surface area contributed by atoms with Gasteiger partial charge in [-0.15, -0.1) is 0 Å². The summed E-state index contributed by atoms with van der Waals surface area (Å²) in [4.78, 5) is 28.3. The van der Waals surface area contributed by atoms with Gasteiger partial charge in [0.2, 0.25) is 5.91 Å². The fourth-order valence-electron chi connectivity index (χ4n) is 6.61. The van der Waals surface area contributed by atoms with Crippen molar-refractivity contribution in [3.05, 3.63) is 29.6 Å². The first-order valence-corrected chi connectivity index (χ1v) is 16.0. The summed E-state index contributed by atoms with van der Waals surface area (Å²) in [5.74, 6) is 0.589. The van der Waals surface area contributed by atoms with Crippen molar-refractivity contribution in [3.63, 3.8) is 0 Å². The number of halogens is 1. The molecule has 1 aromatic rings. The van der Waals surface area contributed by atoms with Gasteiger partial charge < -0.3 is 45.0 Å². The average Bonchev–Trinajstić information content (AvgIpc) is 2.94. The maximum absolute atomic E-state index is 14.8. The van der Waals surface area contributed by atoms with Crippen LogP contribution in [0.2, 0.25) is 0 Å². The van der Waals surface area contributed by atoms with Crippen LogP contribution < -0.4 is 10.1 Å². The third kappa shape index (κ3) is 9.26. The highest BCUT2D eigenvalue weighted by Crippen LogP contribution is 2.53. The molecule has 3 atom stereocenters. The number of nitrogens with zero attached hydrogens (tertiary/aromatic N) is 2. The molecule has 0 bridgehead atoms. The minimum absolute atomic E-state index is 0.0171. The van der Waals surface area contributed by atoms with Gasteiger partial charge in [-0.2, -0.15) is 0 Å². The lowest BCUT2D eigenvalue weighted by molar-refractivity contribution is -0.136. The van der Waals surface area contributed by atoms with E-state index in [-0.39, 0.29) is 50.0 Å². The first kappa shape index (κ1) is 34.4. The molecule has 1 aromatic carbocycles. The zero-order valence-electron chi connectivity index (χ0n) is 26.0. The SMILES string of the molecule is CC(C)OC(=O)N1CCC2(CC1)CC(CCOc1ccc(CC(=O)N3CC(CNC[C@H](O)[C@@H](O)[C@H](O)CCO)C3)c(F)c1)C2. The Balaban J connectivity index is 1.08. The van der Waals surface area contributed by atoms with Crippen LogP contribution >= 0.6 is 0 Å². The molecule has 1 aliphatic carbocycles. The van der Waals surface area contributed by atoms with Gasteiger partial charge in [-0.3, -0.25) is 4.79 Å². The summed E-state index contributed by atoms with van der Waals surface area (Å²) in [5, 5.41) is 41.3. The second-order valence-electron chi connectivity index (χ2n) is 13.2. The molecule has 248 valence electrons. The fourth-order valence-corrected chi connectivity index (χ4v) is 6.61. The Hall–Kier alpha value is -2.51. The number of carbonyl (C=O) groups excluding carboxylic acids is 2. The Bertz CT molecular complexity index is 1090. The lowest BCUT2D eigenvalue weighted by Crippen LogP contribution is -2.54. The van der Waals surface area contributed by atoms with Gasteiger partial charge >= 0.3 is 6.09 Å². The van der Waals surface area contributed by atoms with Gasteiger partial charge in [0.25, 0.3) is 0 Å². The molecular formula is C32H50FN3O8. The number of nitrogens with one attached hydrogen (secondary N) is 1. The third-order valence-electron chi connectivity index (χ3n) is 9.33. The average molecular weight is 624 g/mol. The van der Waals surface area contributed by atoms with Gasteiger partial charge in [0.05, 0.1) is 31.3 Å². The number of amides is 2. The predicted octanol–water partition coefficient (Wildman–Crippen LogP) is 1.69. The predicted molar refractivity (Wildman–Crippen MR) is 160 cm³/mol. The van der Waals surface area contributed by atoms with E-state index in [0.29, 0.717) is 48.9 Å². The van der Waals surface area contributed by atoms with Crippen LogP contribution in [0.1, 0.15) is 57.9 Å². The zero-order valence-corrected chi connectivity index (χ0v) is 26.0. The van der Waals surface area contributed by atoms with E-state index >= 15 is 0 Å². The number of aliphatic hydroxyl groups excluding tert-OH is 4. The lowest BCUT2D eigenvalue weighted by atomic mass is 9.57. The summed E-state index contributed by atoms with van der Waals surface area (Å²) in [6.45, 7) is 7.08. The van der Waals surface area contributed by atoms with Crippen molar-refractivity contribution in [1.82, 2.24) is 15.1 Å². The van der Waals surface area contributed by atoms with Crippen LogP contribution in [-0.4, -0.2) is 119 Å². The number of hydrogen-bond acceptors (Lipinski definition) is 9. The number of hydrogen-bond donors (Lipinski definition) is 5. The molecule has 5 N–H and O–H groups in total. The number of rotatable bonds is 15. The maximum Gasteiger partial charge on any atom is 0.410 e. The number of aliphatic hydroxyl groups is 4. The van der Waals surface area contributed by atoms with Gasteiger partial charge in [-0.1, -0.05) is 6.07 Å². The second kappa shape index (κ2) is 15.7. The Kier molecular flexibility index (Phi) is 12.2. The first-order valence-electron chi connectivity index (χ1n) is 16.0. The Labute approximate surface area is 259 Å². The molecule has 1 spiro atoms. The van der Waals surface area contributed by atoms with Gasteiger partial charge in [0.1, 0.15) is 17.7 Å². The number of carbonyl (C=O) groups is 2. The summed E-state index contributed by atoms with van der Waals surface area (Å²) in [7, 11) is 0. The minimum atomic E-state index is -1.35. The van der Waals surface area contributed by atoms with E-state index in [9.17, 15) is 29.3 Å². The van der Waals surface area contributed by atoms with Crippen LogP contribution in [0.15, 0.2) is 18.2 Å². The highest BCUT2D eigenvalue weighted by molar-refractivity contribution is 5.79. The normalized spacial score (nSPS) is 20.6. The van der Waals surface area contributed by atoms with E-state index in [1.54, 1.807) is 17.0 Å². The summed E-state index contributed by atoms with van der Waals surface area (Å²) >= 11 is 0. The van der Waals surface area contributed by atoms with Crippen LogP contribution in [0.25, 0.3) is 0 Å². The van der Waals surface area contributed by atoms with Gasteiger partial charge in [0.15, 0.2) is 0 Å². The molecule has 44 heavy (non-hydrogen) atoms. The zero-order chi connectivity index (χ0) is 31.9. The largest absolute Gasteiger partial charge is 0.493 e. The molecule has 1 saturated carbocycles. The van der Waals surface area contributed by atoms with Crippen LogP contribution in [0, 0.1) is 23.1 Å². The number of likely N-dealkylation sites (tertiary alicyclic amines) is 2. The van der Waals surface area contributed by atoms with E-state index in [1.165, 1.54) is 6.07 Å². The standard InChI is InChI=1S/C32H50FN3O8/c1-21(2)44-31(42)35-9-7-32(8-10-35)15-22(16-32)6-12-43-25-4-3-24(26(33)14-25)13-29(40)36-19-23(20-36)17-34-18-28(39)30(41)27(38)5-11-37/h3-4,14,21-23,27-28,30,34,37-39,41H,5-13,15-20H2,1-2H3/t27-,28+,30+/m1/s1. The molecule has 2 aliphatic heterocycles. The molecule has 11 nitrogen and oxygen atoms in total. The molecule has 2 saturated heterocycles. The molecule has 3 aliphatic rings. The molecule has 0 aromatic heterocycles. The summed E-state index contributed by atoms with van der Waals surface area (Å²) in [6, 6.07) is 4.66. The van der Waals surface area contributed by atoms with Crippen molar-refractivity contribution in [3.8, 4) is 5.75 Å². The van der Waals surface area contributed by atoms with Crippen molar-refractivity contribution in [2.45, 2.75) is 83.2 Å². The van der Waals surface area contributed by atoms with Crippen molar-refractivity contribution in [2.75, 3.05) is 52.5 Å². The van der Waals surface area contributed by atoms with Crippen molar-refractivity contribution >= 4 is 12.0 Å². The van der Waals surface area contributed by atoms with Crippen LogP contribution in [0.5, 0.6) is 5.75 Å². The quantitative estimate of drug-likeness (QED) is 0.197. The number of benzene rings is 1. The van der Waals surface area contributed by atoms with Gasteiger partial charge in [0, 0.05) is 57.9 Å². The van der Waals surface area contributed by atoms with Crippen LogP contribution in [0.4, 0.5) is 9.18 Å². The van der Waals surface area contributed by atoms with E-state index in [4.69, 9.17) is 14.6 Å². The Morgan fingerprint density at radius 3 is 2.41 bits per heavy atom. The molecule has 3 fully saturated rings. The van der Waals surface area contributed by atoms with Crippen LogP contribution in [-0.2, 0) is 16.0 Å². The molecule has 0 unspecified atom stereocenters. The maximum atomic E-state index is 14.8. The second-order valence-corrected chi connectivity index (χ2v) is 13.2. The number of piperidine rings is 1. The molecule has 2 heterocycles. The third-order valence-corrected chi connectivity index (χ3v) is 9.33. The molecular weight excluding hydrogens is 573 g/mol. The topological polar surface area (TPSA) is 152 Å². The monoisotopic (exact) mass is 623 g/mol. The van der Waals surface area contributed by atoms with Crippen molar-refractivity contribution in [1.29, 1.82) is 0 Å². The first-order chi connectivity index (χ1) is 21.0. The Morgan fingerprint density at radius 2 is 1.77 bits per heavy atom. The molecule has 12 heteroatoms. The van der Waals surface area contributed by atoms with E-state index in [1.807, 2.05) is 18.7 Å². The summed E-state index contributed by atoms with van der Waals surface area (Å²) < 4.78 is 25.9. The smallest absolute Gasteiger partial charge is 0.410 e. The van der Waals surface area contributed by atoms with E-state index < -0.39 is 24.1 Å². The van der Waals surface area contributed by atoms with Crippen molar-refractivity contribution in [2.24, 2.45) is 17.3 Å². The van der Waals surface area contributed by atoms with E-state index in [2.05, 4.69) is 5.32 Å². The number of ether oxygens (including phenoxy) is 2. The fraction of sp³-hybridized carbons (Fsp3) is 0.750. The summed E-state index contributed by atoms with van der Waals surface area (Å²) in [5.41, 5.74) is 0.649. The highest BCUT2D eigenvalue weighted by Gasteiger charge is 2.46. The molecule has 4 rings (SSSR count). The van der Waals surface area contributed by atoms with Gasteiger partial charge in [-0.05, 0) is 75.3 Å². The lowest BCUT2D eigenvalue weighted by Gasteiger charge is -2.52. The van der Waals surface area contributed by atoms with Gasteiger partial charge in [-0.25, -0.2) is 9.18 Å². The van der Waals surface area contributed by atoms with Crippen molar-refractivity contribution < 1.29 is 43.9 Å². The van der Waals surface area contributed by atoms with Crippen LogP contribution in [0.3, 0.4) is 0 Å². The minimum Gasteiger partial charge on any atom is -0.493 e. The Morgan fingerprint density at radius 1 is 1.07 bits per heavy atom. The molecule has 0 radical (unpaired) electrons. The van der Waals surface area contributed by atoms with E-state index in [0.717, 1.165) is 45.2 Å². The highest BCUT2D eigenvalue weighted by atomic mass is 19.1.